The minimum absolute atomic E-state index is 0.761. The first-order chi connectivity index (χ1) is 6.81. The molecule has 0 aliphatic carbocycles. The molecular formula is C13H10Cl. The molecule has 2 aromatic carbocycles. The smallest absolute Gasteiger partial charge is 0.0415 e. The summed E-state index contributed by atoms with van der Waals surface area (Å²) in [5.41, 5.74) is 1.11. The first-order valence-corrected chi connectivity index (χ1v) is 4.83. The van der Waals surface area contributed by atoms with E-state index < -0.39 is 0 Å². The van der Waals surface area contributed by atoms with Crippen molar-refractivity contribution in [3.05, 3.63) is 66.1 Å². The maximum absolute atomic E-state index is 6.01. The van der Waals surface area contributed by atoms with Gasteiger partial charge in [-0.2, -0.15) is 0 Å². The molecule has 0 amide bonds. The van der Waals surface area contributed by atoms with Gasteiger partial charge in [0, 0.05) is 11.4 Å². The van der Waals surface area contributed by atoms with Gasteiger partial charge in [0.25, 0.3) is 0 Å². The average Bonchev–Trinajstić information content (AvgIpc) is 2.18. The van der Waals surface area contributed by atoms with Crippen LogP contribution < -0.4 is 0 Å². The number of allylic oxidation sites excluding steroid dienone is 1. The molecule has 0 aliphatic heterocycles. The molecule has 1 radical (unpaired) electrons. The molecule has 0 atom stereocenters. The van der Waals surface area contributed by atoms with Gasteiger partial charge < -0.3 is 0 Å². The fourth-order valence-electron chi connectivity index (χ4n) is 1.57. The minimum atomic E-state index is 0.761. The second-order valence-corrected chi connectivity index (χ2v) is 3.55. The predicted octanol–water partition coefficient (Wildman–Crippen LogP) is 4.23. The standard InChI is InChI=1S/C13H10Cl/c1-2-5-10-8-12(14)9-11-6-3-4-7-13(10)11/h2-9H,1H2. The van der Waals surface area contributed by atoms with Crippen LogP contribution in [-0.4, -0.2) is 0 Å². The lowest BCUT2D eigenvalue weighted by Crippen LogP contribution is -1.82. The zero-order valence-electron chi connectivity index (χ0n) is 7.70. The second-order valence-electron chi connectivity index (χ2n) is 3.12. The molecular weight excluding hydrogens is 192 g/mol. The highest BCUT2D eigenvalue weighted by atomic mass is 35.5. The lowest BCUT2D eigenvalue weighted by Gasteiger charge is -2.04. The molecule has 0 nitrogen and oxygen atoms in total. The summed E-state index contributed by atoms with van der Waals surface area (Å²) in [5.74, 6) is 0. The van der Waals surface area contributed by atoms with E-state index in [0.717, 1.165) is 16.0 Å². The van der Waals surface area contributed by atoms with Crippen molar-refractivity contribution in [1.82, 2.24) is 0 Å². The first-order valence-electron chi connectivity index (χ1n) is 4.45. The molecule has 0 spiro atoms. The Hall–Kier alpha value is -1.27. The maximum Gasteiger partial charge on any atom is 0.0415 e. The van der Waals surface area contributed by atoms with Crippen LogP contribution in [0.3, 0.4) is 0 Å². The molecule has 0 fully saturated rings. The van der Waals surface area contributed by atoms with Crippen molar-refractivity contribution >= 4 is 22.4 Å². The molecule has 2 aromatic rings. The van der Waals surface area contributed by atoms with Crippen LogP contribution in [0, 0.1) is 6.42 Å². The molecule has 0 N–H and O–H groups in total. The van der Waals surface area contributed by atoms with E-state index in [-0.39, 0.29) is 0 Å². The summed E-state index contributed by atoms with van der Waals surface area (Å²) in [7, 11) is 0. The van der Waals surface area contributed by atoms with Gasteiger partial charge >= 0.3 is 0 Å². The zero-order chi connectivity index (χ0) is 9.97. The van der Waals surface area contributed by atoms with E-state index in [1.165, 1.54) is 5.39 Å². The fraction of sp³-hybridized carbons (Fsp3) is 0. The van der Waals surface area contributed by atoms with Gasteiger partial charge in [0.2, 0.25) is 0 Å². The van der Waals surface area contributed by atoms with Crippen LogP contribution in [0.1, 0.15) is 5.56 Å². The summed E-state index contributed by atoms with van der Waals surface area (Å²) in [6, 6.07) is 12.1. The van der Waals surface area contributed by atoms with Crippen LogP contribution in [0.2, 0.25) is 5.02 Å². The van der Waals surface area contributed by atoms with Crippen molar-refractivity contribution < 1.29 is 0 Å². The Bertz CT molecular complexity index is 472. The van der Waals surface area contributed by atoms with Crippen molar-refractivity contribution in [1.29, 1.82) is 0 Å². The van der Waals surface area contributed by atoms with Crippen LogP contribution in [0.25, 0.3) is 10.8 Å². The van der Waals surface area contributed by atoms with Gasteiger partial charge in [-0.05, 0) is 28.5 Å². The van der Waals surface area contributed by atoms with Crippen LogP contribution in [-0.2, 0) is 0 Å². The molecule has 0 saturated heterocycles. The molecule has 14 heavy (non-hydrogen) atoms. The SMILES string of the molecule is C=C[CH]c1cc(Cl)cc2ccccc12. The van der Waals surface area contributed by atoms with Gasteiger partial charge in [0.05, 0.1) is 0 Å². The highest BCUT2D eigenvalue weighted by Crippen LogP contribution is 2.24. The van der Waals surface area contributed by atoms with E-state index in [1.54, 1.807) is 6.08 Å². The van der Waals surface area contributed by atoms with Crippen molar-refractivity contribution in [2.75, 3.05) is 0 Å². The van der Waals surface area contributed by atoms with E-state index in [9.17, 15) is 0 Å². The quantitative estimate of drug-likeness (QED) is 0.682. The Morgan fingerprint density at radius 3 is 2.71 bits per heavy atom. The second kappa shape index (κ2) is 3.85. The molecule has 0 aliphatic rings. The van der Waals surface area contributed by atoms with Gasteiger partial charge in [-0.25, -0.2) is 0 Å². The molecule has 0 saturated carbocycles. The number of fused-ring (bicyclic) bond motifs is 1. The Kier molecular flexibility index (Phi) is 2.55. The number of hydrogen-bond donors (Lipinski definition) is 0. The highest BCUT2D eigenvalue weighted by molar-refractivity contribution is 6.31. The van der Waals surface area contributed by atoms with Crippen LogP contribution in [0.15, 0.2) is 49.1 Å². The van der Waals surface area contributed by atoms with Gasteiger partial charge in [-0.3, -0.25) is 0 Å². The molecule has 0 unspecified atom stereocenters. The van der Waals surface area contributed by atoms with Crippen LogP contribution >= 0.6 is 11.6 Å². The van der Waals surface area contributed by atoms with E-state index >= 15 is 0 Å². The summed E-state index contributed by atoms with van der Waals surface area (Å²) in [4.78, 5) is 0. The highest BCUT2D eigenvalue weighted by Gasteiger charge is 2.00. The summed E-state index contributed by atoms with van der Waals surface area (Å²) >= 11 is 6.01. The fourth-order valence-corrected chi connectivity index (χ4v) is 1.80. The van der Waals surface area contributed by atoms with Gasteiger partial charge in [0.15, 0.2) is 0 Å². The topological polar surface area (TPSA) is 0 Å². The van der Waals surface area contributed by atoms with E-state index in [0.29, 0.717) is 0 Å². The van der Waals surface area contributed by atoms with Crippen molar-refractivity contribution in [3.63, 3.8) is 0 Å². The van der Waals surface area contributed by atoms with Gasteiger partial charge in [-0.15, -0.1) is 6.58 Å². The predicted molar refractivity (Wildman–Crippen MR) is 62.6 cm³/mol. The van der Waals surface area contributed by atoms with Crippen molar-refractivity contribution in [2.45, 2.75) is 0 Å². The molecule has 0 bridgehead atoms. The van der Waals surface area contributed by atoms with Crippen molar-refractivity contribution in [2.24, 2.45) is 0 Å². The van der Waals surface area contributed by atoms with Crippen LogP contribution in [0.4, 0.5) is 0 Å². The third kappa shape index (κ3) is 1.66. The largest absolute Gasteiger partial charge is 0.102 e. The number of rotatable bonds is 2. The summed E-state index contributed by atoms with van der Waals surface area (Å²) in [6.07, 6.45) is 3.74. The number of hydrogen-bond acceptors (Lipinski definition) is 0. The van der Waals surface area contributed by atoms with E-state index in [4.69, 9.17) is 11.6 Å². The summed E-state index contributed by atoms with van der Waals surface area (Å²) < 4.78 is 0. The third-order valence-electron chi connectivity index (χ3n) is 2.16. The van der Waals surface area contributed by atoms with E-state index in [2.05, 4.69) is 18.7 Å². The lowest BCUT2D eigenvalue weighted by atomic mass is 10.0. The first kappa shape index (κ1) is 9.29. The van der Waals surface area contributed by atoms with Crippen molar-refractivity contribution in [3.8, 4) is 0 Å². The Balaban J connectivity index is 2.73. The molecule has 69 valence electrons. The van der Waals surface area contributed by atoms with E-state index in [1.807, 2.05) is 30.7 Å². The summed E-state index contributed by atoms with van der Waals surface area (Å²) in [6.45, 7) is 3.69. The Morgan fingerprint density at radius 2 is 1.93 bits per heavy atom. The van der Waals surface area contributed by atoms with Gasteiger partial charge in [-0.1, -0.05) is 41.9 Å². The van der Waals surface area contributed by atoms with Crippen LogP contribution in [0.5, 0.6) is 0 Å². The number of halogens is 1. The average molecular weight is 202 g/mol. The molecule has 0 heterocycles. The summed E-state index contributed by atoms with van der Waals surface area (Å²) in [5, 5.41) is 3.13. The Labute approximate surface area is 88.8 Å². The Morgan fingerprint density at radius 1 is 1.14 bits per heavy atom. The van der Waals surface area contributed by atoms with Gasteiger partial charge in [0.1, 0.15) is 0 Å². The zero-order valence-corrected chi connectivity index (χ0v) is 8.46. The lowest BCUT2D eigenvalue weighted by molar-refractivity contribution is 1.58. The molecule has 0 aromatic heterocycles. The monoisotopic (exact) mass is 201 g/mol. The molecule has 1 heteroatoms. The minimum Gasteiger partial charge on any atom is -0.102 e. The third-order valence-corrected chi connectivity index (χ3v) is 2.37. The molecule has 2 rings (SSSR count). The normalized spacial score (nSPS) is 10.4. The maximum atomic E-state index is 6.01. The number of benzene rings is 2.